The Labute approximate surface area is 182 Å². The van der Waals surface area contributed by atoms with Crippen LogP contribution in [-0.4, -0.2) is 55.9 Å². The van der Waals surface area contributed by atoms with Crippen molar-refractivity contribution in [3.8, 4) is 0 Å². The summed E-state index contributed by atoms with van der Waals surface area (Å²) in [5, 5.41) is 5.70. The molecule has 2 atom stereocenters. The molecule has 0 radical (unpaired) electrons. The number of morpholine rings is 1. The second kappa shape index (κ2) is 11.8. The van der Waals surface area contributed by atoms with Crippen molar-refractivity contribution in [2.24, 2.45) is 4.99 Å². The fraction of sp³-hybridized carbons (Fsp3) is 0.632. The lowest BCUT2D eigenvalue weighted by Crippen LogP contribution is -2.44. The lowest BCUT2D eigenvalue weighted by atomic mass is 10.1. The fourth-order valence-electron chi connectivity index (χ4n) is 3.16. The molecular formula is C19H30F3IN4O. The van der Waals surface area contributed by atoms with Crippen molar-refractivity contribution in [1.29, 1.82) is 0 Å². The van der Waals surface area contributed by atoms with Gasteiger partial charge >= 0.3 is 6.18 Å². The first-order valence-corrected chi connectivity index (χ1v) is 9.22. The summed E-state index contributed by atoms with van der Waals surface area (Å²) < 4.78 is 42.4. The van der Waals surface area contributed by atoms with Gasteiger partial charge in [-0.3, -0.25) is 9.89 Å². The molecule has 2 unspecified atom stereocenters. The van der Waals surface area contributed by atoms with E-state index < -0.39 is 12.6 Å². The molecule has 1 heterocycles. The summed E-state index contributed by atoms with van der Waals surface area (Å²) in [5.74, 6) is 0.361. The topological polar surface area (TPSA) is 48.9 Å². The normalized spacial score (nSPS) is 21.1. The van der Waals surface area contributed by atoms with E-state index in [-0.39, 0.29) is 42.7 Å². The van der Waals surface area contributed by atoms with Gasteiger partial charge in [-0.05, 0) is 25.0 Å². The number of nitrogens with one attached hydrogen (secondary N) is 2. The predicted octanol–water partition coefficient (Wildman–Crippen LogP) is 3.53. The molecule has 2 N–H and O–H groups in total. The van der Waals surface area contributed by atoms with E-state index in [0.717, 1.165) is 25.2 Å². The first kappa shape index (κ1) is 25.0. The molecule has 1 saturated heterocycles. The molecule has 0 spiro atoms. The Balaban J connectivity index is 0.00000392. The van der Waals surface area contributed by atoms with E-state index in [9.17, 15) is 13.2 Å². The highest BCUT2D eigenvalue weighted by Gasteiger charge is 2.26. The zero-order valence-electron chi connectivity index (χ0n) is 16.6. The highest BCUT2D eigenvalue weighted by atomic mass is 127. The molecule has 1 aromatic rings. The standard InChI is InChI=1S/C19H29F3N4O.HI/c1-14-11-26(12-15(2)27-14)13-17-6-4-16(5-7-17)10-25-18(23-3)24-9-8-19(20,21)22;/h4-7,14-15H,8-13H2,1-3H3,(H2,23,24,25);1H. The highest BCUT2D eigenvalue weighted by Crippen LogP contribution is 2.18. The summed E-state index contributed by atoms with van der Waals surface area (Å²) in [4.78, 5) is 6.33. The molecule has 1 fully saturated rings. The van der Waals surface area contributed by atoms with Crippen molar-refractivity contribution in [2.75, 3.05) is 26.7 Å². The Hall–Kier alpha value is -1.07. The van der Waals surface area contributed by atoms with E-state index in [1.807, 2.05) is 12.1 Å². The van der Waals surface area contributed by atoms with Crippen molar-refractivity contribution in [3.05, 3.63) is 35.4 Å². The van der Waals surface area contributed by atoms with Crippen LogP contribution in [-0.2, 0) is 17.8 Å². The van der Waals surface area contributed by atoms with E-state index in [1.165, 1.54) is 12.6 Å². The third-order valence-electron chi connectivity index (χ3n) is 4.31. The second-order valence-electron chi connectivity index (χ2n) is 6.99. The number of hydrogen-bond donors (Lipinski definition) is 2. The van der Waals surface area contributed by atoms with E-state index in [4.69, 9.17) is 4.74 Å². The minimum Gasteiger partial charge on any atom is -0.373 e. The number of aliphatic imine (C=N–C) groups is 1. The van der Waals surface area contributed by atoms with Crippen molar-refractivity contribution in [2.45, 2.75) is 51.7 Å². The summed E-state index contributed by atoms with van der Waals surface area (Å²) in [6, 6.07) is 8.22. The van der Waals surface area contributed by atoms with Crippen molar-refractivity contribution in [3.63, 3.8) is 0 Å². The smallest absolute Gasteiger partial charge is 0.373 e. The van der Waals surface area contributed by atoms with Crippen LogP contribution < -0.4 is 10.6 Å². The van der Waals surface area contributed by atoms with Gasteiger partial charge in [-0.25, -0.2) is 0 Å². The minimum atomic E-state index is -4.17. The van der Waals surface area contributed by atoms with E-state index in [2.05, 4.69) is 46.5 Å². The lowest BCUT2D eigenvalue weighted by molar-refractivity contribution is -0.132. The molecule has 2 rings (SSSR count). The van der Waals surface area contributed by atoms with Crippen molar-refractivity contribution in [1.82, 2.24) is 15.5 Å². The number of hydrogen-bond acceptors (Lipinski definition) is 3. The van der Waals surface area contributed by atoms with Crippen LogP contribution in [0.2, 0.25) is 0 Å². The molecular weight excluding hydrogens is 484 g/mol. The van der Waals surface area contributed by atoms with Crippen LogP contribution in [0.1, 0.15) is 31.4 Å². The maximum atomic E-state index is 12.2. The number of benzene rings is 1. The van der Waals surface area contributed by atoms with Crippen LogP contribution in [0.15, 0.2) is 29.3 Å². The molecule has 1 aliphatic rings. The summed E-state index contributed by atoms with van der Waals surface area (Å²) in [6.45, 7) is 7.21. The Kier molecular flexibility index (Phi) is 10.5. The van der Waals surface area contributed by atoms with Crippen LogP contribution in [0, 0.1) is 0 Å². The minimum absolute atomic E-state index is 0. The van der Waals surface area contributed by atoms with Gasteiger partial charge in [0, 0.05) is 39.8 Å². The van der Waals surface area contributed by atoms with Gasteiger partial charge in [0.2, 0.25) is 0 Å². The number of rotatable bonds is 6. The SMILES string of the molecule is CN=C(NCCC(F)(F)F)NCc1ccc(CN2CC(C)OC(C)C2)cc1.I. The molecule has 160 valence electrons. The maximum absolute atomic E-state index is 12.2. The zero-order valence-corrected chi connectivity index (χ0v) is 18.9. The first-order chi connectivity index (χ1) is 12.7. The average Bonchev–Trinajstić information content (AvgIpc) is 2.57. The predicted molar refractivity (Wildman–Crippen MR) is 116 cm³/mol. The van der Waals surface area contributed by atoms with Gasteiger partial charge in [-0.2, -0.15) is 13.2 Å². The quantitative estimate of drug-likeness (QED) is 0.347. The first-order valence-electron chi connectivity index (χ1n) is 9.22. The van der Waals surface area contributed by atoms with Gasteiger partial charge in [0.05, 0.1) is 18.6 Å². The van der Waals surface area contributed by atoms with Gasteiger partial charge < -0.3 is 15.4 Å². The van der Waals surface area contributed by atoms with Crippen molar-refractivity contribution < 1.29 is 17.9 Å². The summed E-state index contributed by atoms with van der Waals surface area (Å²) in [7, 11) is 1.54. The number of guanidine groups is 1. The average molecular weight is 514 g/mol. The number of nitrogens with zero attached hydrogens (tertiary/aromatic N) is 2. The molecule has 5 nitrogen and oxygen atoms in total. The molecule has 0 bridgehead atoms. The number of halogens is 4. The molecule has 28 heavy (non-hydrogen) atoms. The Morgan fingerprint density at radius 2 is 1.68 bits per heavy atom. The summed E-state index contributed by atoms with van der Waals surface area (Å²) >= 11 is 0. The third-order valence-corrected chi connectivity index (χ3v) is 4.31. The van der Waals surface area contributed by atoms with Crippen molar-refractivity contribution >= 4 is 29.9 Å². The number of ether oxygens (including phenoxy) is 1. The molecule has 0 saturated carbocycles. The van der Waals surface area contributed by atoms with Crippen LogP contribution in [0.4, 0.5) is 13.2 Å². The zero-order chi connectivity index (χ0) is 19.9. The van der Waals surface area contributed by atoms with Crippen LogP contribution in [0.5, 0.6) is 0 Å². The Morgan fingerprint density at radius 3 is 2.21 bits per heavy atom. The van der Waals surface area contributed by atoms with E-state index in [0.29, 0.717) is 12.5 Å². The van der Waals surface area contributed by atoms with Crippen LogP contribution >= 0.6 is 24.0 Å². The van der Waals surface area contributed by atoms with Gasteiger partial charge in [0.25, 0.3) is 0 Å². The molecule has 0 aliphatic carbocycles. The Morgan fingerprint density at radius 1 is 1.11 bits per heavy atom. The lowest BCUT2D eigenvalue weighted by Gasteiger charge is -2.35. The fourth-order valence-corrected chi connectivity index (χ4v) is 3.16. The van der Waals surface area contributed by atoms with Gasteiger partial charge in [-0.1, -0.05) is 24.3 Å². The third kappa shape index (κ3) is 9.42. The largest absolute Gasteiger partial charge is 0.390 e. The Bertz CT molecular complexity index is 600. The molecule has 9 heteroatoms. The monoisotopic (exact) mass is 514 g/mol. The maximum Gasteiger partial charge on any atom is 0.390 e. The van der Waals surface area contributed by atoms with E-state index >= 15 is 0 Å². The summed E-state index contributed by atoms with van der Waals surface area (Å²) in [5.41, 5.74) is 2.27. The highest BCUT2D eigenvalue weighted by molar-refractivity contribution is 14.0. The van der Waals surface area contributed by atoms with Gasteiger partial charge in [-0.15, -0.1) is 24.0 Å². The molecule has 0 aromatic heterocycles. The molecule has 1 aromatic carbocycles. The number of alkyl halides is 3. The molecule has 1 aliphatic heterocycles. The molecule has 0 amide bonds. The second-order valence-corrected chi connectivity index (χ2v) is 6.99. The van der Waals surface area contributed by atoms with Crippen LogP contribution in [0.25, 0.3) is 0 Å². The van der Waals surface area contributed by atoms with Gasteiger partial charge in [0.1, 0.15) is 0 Å². The van der Waals surface area contributed by atoms with E-state index in [1.54, 1.807) is 0 Å². The van der Waals surface area contributed by atoms with Gasteiger partial charge in [0.15, 0.2) is 5.96 Å². The summed E-state index contributed by atoms with van der Waals surface area (Å²) in [6.07, 6.45) is -4.57. The van der Waals surface area contributed by atoms with Crippen LogP contribution in [0.3, 0.4) is 0 Å².